The summed E-state index contributed by atoms with van der Waals surface area (Å²) < 4.78 is 10.8. The van der Waals surface area contributed by atoms with Gasteiger partial charge in [-0.05, 0) is 35.6 Å². The van der Waals surface area contributed by atoms with E-state index in [0.717, 1.165) is 21.6 Å². The van der Waals surface area contributed by atoms with Gasteiger partial charge >= 0.3 is 0 Å². The highest BCUT2D eigenvalue weighted by atomic mass is 35.5. The predicted octanol–water partition coefficient (Wildman–Crippen LogP) is 5.89. The van der Waals surface area contributed by atoms with Crippen molar-refractivity contribution >= 4 is 55.9 Å². The minimum Gasteiger partial charge on any atom is -0.454 e. The number of hydrogen-bond acceptors (Lipinski definition) is 6. The summed E-state index contributed by atoms with van der Waals surface area (Å²) in [5.41, 5.74) is 2.58. The molecule has 8 heteroatoms. The Balaban J connectivity index is 1.59. The largest absolute Gasteiger partial charge is 0.454 e. The Morgan fingerprint density at radius 1 is 1.27 bits per heavy atom. The van der Waals surface area contributed by atoms with Crippen LogP contribution in [-0.2, 0) is 0 Å². The van der Waals surface area contributed by atoms with E-state index in [1.165, 1.54) is 23.1 Å². The zero-order valence-corrected chi connectivity index (χ0v) is 18.2. The molecule has 30 heavy (non-hydrogen) atoms. The summed E-state index contributed by atoms with van der Waals surface area (Å²) in [5.74, 6) is 1.69. The van der Waals surface area contributed by atoms with Crippen LogP contribution in [0, 0.1) is 0 Å². The molecule has 0 amide bonds. The van der Waals surface area contributed by atoms with Gasteiger partial charge in [0.05, 0.1) is 15.3 Å². The molecule has 0 atom stereocenters. The van der Waals surface area contributed by atoms with Crippen LogP contribution < -0.4 is 15.0 Å². The average Bonchev–Trinajstić information content (AvgIpc) is 3.40. The van der Waals surface area contributed by atoms with Crippen molar-refractivity contribution in [2.24, 2.45) is 0 Å². The van der Waals surface area contributed by atoms with Crippen molar-refractivity contribution in [1.29, 1.82) is 0 Å². The number of rotatable bonds is 4. The number of fused-ring (bicyclic) bond motifs is 2. The molecule has 1 aliphatic rings. The first-order chi connectivity index (χ1) is 14.6. The summed E-state index contributed by atoms with van der Waals surface area (Å²) in [7, 11) is 0. The quantitative estimate of drug-likeness (QED) is 0.416. The second kappa shape index (κ2) is 7.83. The molecule has 0 spiro atoms. The van der Waals surface area contributed by atoms with Crippen molar-refractivity contribution < 1.29 is 9.47 Å². The number of H-pyrrole nitrogens is 1. The average molecular weight is 455 g/mol. The molecule has 5 nitrogen and oxygen atoms in total. The van der Waals surface area contributed by atoms with Gasteiger partial charge < -0.3 is 14.5 Å². The van der Waals surface area contributed by atoms with E-state index in [-0.39, 0.29) is 12.4 Å². The standard InChI is InChI=1S/C22H15ClN2O3S2/c1-29-17(9-12-7-15(23)19-16(8-12)27-11-28-19)20-24-21(26)18-14(10-30-22(18)25-20)13-5-3-2-4-6-13/h2-10H,11H2,1H3,(H,24,25,26). The number of nitrogens with one attached hydrogen (secondary N) is 1. The third kappa shape index (κ3) is 3.39. The van der Waals surface area contributed by atoms with E-state index in [1.807, 2.05) is 54.1 Å². The van der Waals surface area contributed by atoms with Crippen LogP contribution in [0.5, 0.6) is 11.5 Å². The molecule has 150 valence electrons. The van der Waals surface area contributed by atoms with E-state index in [2.05, 4.69) is 4.98 Å². The molecule has 0 aliphatic carbocycles. The van der Waals surface area contributed by atoms with Gasteiger partial charge in [-0.15, -0.1) is 23.1 Å². The first kappa shape index (κ1) is 19.2. The molecule has 0 fully saturated rings. The molecule has 4 aromatic rings. The van der Waals surface area contributed by atoms with Crippen LogP contribution in [0.15, 0.2) is 52.6 Å². The minimum atomic E-state index is -0.154. The lowest BCUT2D eigenvalue weighted by molar-refractivity contribution is 0.174. The summed E-state index contributed by atoms with van der Waals surface area (Å²) >= 11 is 9.26. The molecule has 0 saturated heterocycles. The van der Waals surface area contributed by atoms with Crippen molar-refractivity contribution in [2.75, 3.05) is 13.0 Å². The number of thioether (sulfide) groups is 1. The topological polar surface area (TPSA) is 64.2 Å². The van der Waals surface area contributed by atoms with E-state index in [9.17, 15) is 4.79 Å². The molecule has 0 bridgehead atoms. The number of hydrogen-bond donors (Lipinski definition) is 1. The van der Waals surface area contributed by atoms with Gasteiger partial charge in [0.15, 0.2) is 11.5 Å². The molecule has 2 aromatic heterocycles. The van der Waals surface area contributed by atoms with Gasteiger partial charge in [0.25, 0.3) is 5.56 Å². The fourth-order valence-corrected chi connectivity index (χ4v) is 5.11. The molecule has 5 rings (SSSR count). The van der Waals surface area contributed by atoms with Gasteiger partial charge in [0.2, 0.25) is 6.79 Å². The Bertz CT molecular complexity index is 1350. The normalized spacial score (nSPS) is 13.2. The van der Waals surface area contributed by atoms with Crippen molar-refractivity contribution in [2.45, 2.75) is 0 Å². The van der Waals surface area contributed by atoms with E-state index < -0.39 is 0 Å². The molecule has 1 N–H and O–H groups in total. The second-order valence-corrected chi connectivity index (χ2v) is 8.67. The lowest BCUT2D eigenvalue weighted by atomic mass is 10.1. The molecular formula is C22H15ClN2O3S2. The third-order valence-electron chi connectivity index (χ3n) is 4.73. The molecule has 1 aliphatic heterocycles. The Morgan fingerprint density at radius 2 is 2.10 bits per heavy atom. The number of nitrogens with zero attached hydrogens (tertiary/aromatic N) is 1. The molecule has 0 radical (unpaired) electrons. The summed E-state index contributed by atoms with van der Waals surface area (Å²) in [6, 6.07) is 13.5. The van der Waals surface area contributed by atoms with Crippen molar-refractivity contribution in [1.82, 2.24) is 9.97 Å². The van der Waals surface area contributed by atoms with Gasteiger partial charge in [0, 0.05) is 10.9 Å². The van der Waals surface area contributed by atoms with Gasteiger partial charge in [0.1, 0.15) is 10.7 Å². The van der Waals surface area contributed by atoms with E-state index in [0.29, 0.717) is 32.6 Å². The van der Waals surface area contributed by atoms with Crippen LogP contribution in [0.2, 0.25) is 5.02 Å². The van der Waals surface area contributed by atoms with Gasteiger partial charge in [-0.25, -0.2) is 4.98 Å². The van der Waals surface area contributed by atoms with Crippen molar-refractivity contribution in [3.8, 4) is 22.6 Å². The van der Waals surface area contributed by atoms with Crippen LogP contribution in [0.1, 0.15) is 11.4 Å². The lowest BCUT2D eigenvalue weighted by Gasteiger charge is -2.06. The molecule has 2 aromatic carbocycles. The number of aromatic nitrogens is 2. The van der Waals surface area contributed by atoms with Crippen LogP contribution in [0.25, 0.3) is 32.3 Å². The zero-order chi connectivity index (χ0) is 20.7. The second-order valence-electron chi connectivity index (χ2n) is 6.56. The molecular weight excluding hydrogens is 440 g/mol. The fourth-order valence-electron chi connectivity index (χ4n) is 3.34. The number of halogens is 1. The van der Waals surface area contributed by atoms with Crippen LogP contribution >= 0.6 is 34.7 Å². The fraction of sp³-hybridized carbons (Fsp3) is 0.0909. The van der Waals surface area contributed by atoms with Crippen LogP contribution in [0.3, 0.4) is 0 Å². The van der Waals surface area contributed by atoms with Crippen molar-refractivity contribution in [3.63, 3.8) is 0 Å². The SMILES string of the molecule is CSC(=Cc1cc(Cl)c2c(c1)OCO2)c1nc2scc(-c3ccccc3)c2c(=O)[nH]1. The van der Waals surface area contributed by atoms with Gasteiger partial charge in [-0.1, -0.05) is 41.9 Å². The van der Waals surface area contributed by atoms with Crippen LogP contribution in [-0.4, -0.2) is 23.0 Å². The number of benzene rings is 2. The maximum Gasteiger partial charge on any atom is 0.260 e. The summed E-state index contributed by atoms with van der Waals surface area (Å²) in [5, 5.41) is 3.08. The first-order valence-electron chi connectivity index (χ1n) is 9.06. The minimum absolute atomic E-state index is 0.154. The maximum atomic E-state index is 13.0. The number of aromatic amines is 1. The van der Waals surface area contributed by atoms with Gasteiger partial charge in [-0.2, -0.15) is 0 Å². The van der Waals surface area contributed by atoms with Crippen molar-refractivity contribution in [3.05, 3.63) is 74.6 Å². The molecule has 3 heterocycles. The molecule has 0 unspecified atom stereocenters. The first-order valence-corrected chi connectivity index (χ1v) is 11.5. The highest BCUT2D eigenvalue weighted by Gasteiger charge is 2.19. The highest BCUT2D eigenvalue weighted by Crippen LogP contribution is 2.41. The smallest absolute Gasteiger partial charge is 0.260 e. The van der Waals surface area contributed by atoms with Gasteiger partial charge in [-0.3, -0.25) is 4.79 Å². The van der Waals surface area contributed by atoms with E-state index in [4.69, 9.17) is 26.1 Å². The summed E-state index contributed by atoms with van der Waals surface area (Å²) in [6.45, 7) is 0.158. The van der Waals surface area contributed by atoms with E-state index >= 15 is 0 Å². The zero-order valence-electron chi connectivity index (χ0n) is 15.8. The summed E-state index contributed by atoms with van der Waals surface area (Å²) in [6.07, 6.45) is 3.86. The monoisotopic (exact) mass is 454 g/mol. The summed E-state index contributed by atoms with van der Waals surface area (Å²) in [4.78, 5) is 22.2. The third-order valence-corrected chi connectivity index (χ3v) is 6.63. The highest BCUT2D eigenvalue weighted by molar-refractivity contribution is 8.07. The number of thiophene rings is 1. The lowest BCUT2D eigenvalue weighted by Crippen LogP contribution is -2.10. The predicted molar refractivity (Wildman–Crippen MR) is 125 cm³/mol. The number of ether oxygens (including phenoxy) is 2. The Morgan fingerprint density at radius 3 is 2.90 bits per heavy atom. The Labute approximate surface area is 185 Å². The molecule has 0 saturated carbocycles. The Kier molecular flexibility index (Phi) is 5.02. The Hall–Kier alpha value is -2.74. The van der Waals surface area contributed by atoms with E-state index in [1.54, 1.807) is 6.07 Å². The maximum absolute atomic E-state index is 13.0. The van der Waals surface area contributed by atoms with Crippen LogP contribution in [0.4, 0.5) is 0 Å².